The molecular formula is C12H22N2O3. The molecule has 0 bridgehead atoms. The lowest BCUT2D eigenvalue weighted by Gasteiger charge is -2.21. The van der Waals surface area contributed by atoms with E-state index in [0.29, 0.717) is 32.5 Å². The van der Waals surface area contributed by atoms with E-state index < -0.39 is 0 Å². The topological polar surface area (TPSA) is 67.4 Å². The first-order chi connectivity index (χ1) is 8.09. The fourth-order valence-electron chi connectivity index (χ4n) is 1.70. The van der Waals surface area contributed by atoms with Crippen molar-refractivity contribution in [3.05, 3.63) is 0 Å². The van der Waals surface area contributed by atoms with Crippen LogP contribution in [0.15, 0.2) is 0 Å². The van der Waals surface area contributed by atoms with Crippen molar-refractivity contribution < 1.29 is 14.3 Å². The highest BCUT2D eigenvalue weighted by Crippen LogP contribution is 2.10. The fraction of sp³-hybridized carbons (Fsp3) is 0.833. The smallest absolute Gasteiger partial charge is 0.224 e. The lowest BCUT2D eigenvalue weighted by molar-refractivity contribution is -0.128. The molecule has 2 N–H and O–H groups in total. The molecule has 5 heteroatoms. The van der Waals surface area contributed by atoms with Crippen LogP contribution in [0.5, 0.6) is 0 Å². The minimum atomic E-state index is -0.0706. The van der Waals surface area contributed by atoms with Crippen molar-refractivity contribution in [3.8, 4) is 0 Å². The van der Waals surface area contributed by atoms with Crippen LogP contribution in [0.1, 0.15) is 33.1 Å². The lowest BCUT2D eigenvalue weighted by Crippen LogP contribution is -2.43. The Morgan fingerprint density at radius 2 is 2.35 bits per heavy atom. The first-order valence-corrected chi connectivity index (χ1v) is 6.25. The van der Waals surface area contributed by atoms with Crippen LogP contribution in [-0.4, -0.2) is 37.6 Å². The maximum Gasteiger partial charge on any atom is 0.224 e. The first kappa shape index (κ1) is 14.0. The molecule has 17 heavy (non-hydrogen) atoms. The van der Waals surface area contributed by atoms with E-state index in [1.54, 1.807) is 0 Å². The average molecular weight is 242 g/mol. The molecule has 0 aromatic rings. The van der Waals surface area contributed by atoms with Gasteiger partial charge in [-0.1, -0.05) is 0 Å². The maximum absolute atomic E-state index is 11.7. The number of nitrogens with one attached hydrogen (secondary N) is 2. The van der Waals surface area contributed by atoms with Crippen molar-refractivity contribution in [2.75, 3.05) is 19.7 Å². The molecule has 2 amide bonds. The molecule has 1 unspecified atom stereocenters. The fourth-order valence-corrected chi connectivity index (χ4v) is 1.70. The monoisotopic (exact) mass is 242 g/mol. The molecule has 1 fully saturated rings. The summed E-state index contributed by atoms with van der Waals surface area (Å²) in [5.41, 5.74) is 0. The van der Waals surface area contributed by atoms with Crippen LogP contribution in [0, 0.1) is 5.92 Å². The van der Waals surface area contributed by atoms with E-state index in [-0.39, 0.29) is 23.8 Å². The molecule has 1 saturated heterocycles. The Labute approximate surface area is 102 Å². The predicted molar refractivity (Wildman–Crippen MR) is 64.4 cm³/mol. The van der Waals surface area contributed by atoms with Crippen molar-refractivity contribution in [1.82, 2.24) is 10.6 Å². The van der Waals surface area contributed by atoms with Crippen molar-refractivity contribution in [3.63, 3.8) is 0 Å². The molecule has 1 aliphatic rings. The normalized spacial score (nSPS) is 20.2. The zero-order chi connectivity index (χ0) is 12.7. The second-order valence-corrected chi connectivity index (χ2v) is 4.60. The summed E-state index contributed by atoms with van der Waals surface area (Å²) in [6, 6.07) is 0. The van der Waals surface area contributed by atoms with Gasteiger partial charge in [-0.05, 0) is 26.7 Å². The van der Waals surface area contributed by atoms with Crippen LogP contribution in [0.4, 0.5) is 0 Å². The molecule has 1 aliphatic heterocycles. The van der Waals surface area contributed by atoms with Crippen LogP contribution in [0.3, 0.4) is 0 Å². The van der Waals surface area contributed by atoms with Gasteiger partial charge < -0.3 is 15.4 Å². The number of hydrogen-bond acceptors (Lipinski definition) is 3. The van der Waals surface area contributed by atoms with E-state index in [1.165, 1.54) is 0 Å². The standard InChI is InChI=1S/C12H22N2O3/c1-9(2)17-7-3-6-13-12(16)10-4-5-11(15)14-8-10/h9-10H,3-8H2,1-2H3,(H,13,16)(H,14,15). The molecule has 0 radical (unpaired) electrons. The third-order valence-electron chi connectivity index (χ3n) is 2.71. The molecule has 0 aromatic heterocycles. The van der Waals surface area contributed by atoms with E-state index in [4.69, 9.17) is 4.74 Å². The summed E-state index contributed by atoms with van der Waals surface area (Å²) in [5, 5.41) is 5.58. The summed E-state index contributed by atoms with van der Waals surface area (Å²) in [6.45, 7) is 5.75. The molecule has 1 atom stereocenters. The Morgan fingerprint density at radius 1 is 1.59 bits per heavy atom. The summed E-state index contributed by atoms with van der Waals surface area (Å²) in [7, 11) is 0. The number of piperidine rings is 1. The number of ether oxygens (including phenoxy) is 1. The Bertz CT molecular complexity index is 256. The maximum atomic E-state index is 11.7. The molecular weight excluding hydrogens is 220 g/mol. The van der Waals surface area contributed by atoms with Gasteiger partial charge in [0.1, 0.15) is 0 Å². The van der Waals surface area contributed by atoms with E-state index in [9.17, 15) is 9.59 Å². The Morgan fingerprint density at radius 3 is 2.94 bits per heavy atom. The van der Waals surface area contributed by atoms with Gasteiger partial charge in [0.2, 0.25) is 11.8 Å². The van der Waals surface area contributed by atoms with E-state index in [2.05, 4.69) is 10.6 Å². The number of carbonyl (C=O) groups excluding carboxylic acids is 2. The van der Waals surface area contributed by atoms with Crippen LogP contribution in [0.25, 0.3) is 0 Å². The highest BCUT2D eigenvalue weighted by atomic mass is 16.5. The summed E-state index contributed by atoms with van der Waals surface area (Å²) >= 11 is 0. The van der Waals surface area contributed by atoms with Crippen LogP contribution >= 0.6 is 0 Å². The molecule has 0 aromatic carbocycles. The van der Waals surface area contributed by atoms with Gasteiger partial charge in [-0.15, -0.1) is 0 Å². The molecule has 1 rings (SSSR count). The van der Waals surface area contributed by atoms with Crippen molar-refractivity contribution >= 4 is 11.8 Å². The van der Waals surface area contributed by atoms with Gasteiger partial charge in [-0.25, -0.2) is 0 Å². The minimum absolute atomic E-state index is 0.0366. The molecule has 0 saturated carbocycles. The highest BCUT2D eigenvalue weighted by Gasteiger charge is 2.23. The van der Waals surface area contributed by atoms with Gasteiger partial charge in [0, 0.05) is 26.1 Å². The first-order valence-electron chi connectivity index (χ1n) is 6.25. The van der Waals surface area contributed by atoms with Gasteiger partial charge >= 0.3 is 0 Å². The Hall–Kier alpha value is -1.10. The minimum Gasteiger partial charge on any atom is -0.379 e. The third kappa shape index (κ3) is 5.68. The van der Waals surface area contributed by atoms with Gasteiger partial charge in [0.15, 0.2) is 0 Å². The van der Waals surface area contributed by atoms with Crippen LogP contribution < -0.4 is 10.6 Å². The van der Waals surface area contributed by atoms with Crippen molar-refractivity contribution in [1.29, 1.82) is 0 Å². The largest absolute Gasteiger partial charge is 0.379 e. The number of carbonyl (C=O) groups is 2. The summed E-state index contributed by atoms with van der Waals surface area (Å²) in [4.78, 5) is 22.6. The zero-order valence-electron chi connectivity index (χ0n) is 10.6. The van der Waals surface area contributed by atoms with Gasteiger partial charge in [-0.3, -0.25) is 9.59 Å². The summed E-state index contributed by atoms with van der Waals surface area (Å²) in [6.07, 6.45) is 2.16. The average Bonchev–Trinajstić information content (AvgIpc) is 2.29. The van der Waals surface area contributed by atoms with Crippen LogP contribution in [-0.2, 0) is 14.3 Å². The second kappa shape index (κ2) is 7.27. The second-order valence-electron chi connectivity index (χ2n) is 4.60. The molecule has 0 spiro atoms. The van der Waals surface area contributed by atoms with Crippen LogP contribution in [0.2, 0.25) is 0 Å². The van der Waals surface area contributed by atoms with E-state index in [1.807, 2.05) is 13.8 Å². The SMILES string of the molecule is CC(C)OCCCNC(=O)C1CCC(=O)NC1. The van der Waals surface area contributed by atoms with Gasteiger partial charge in [-0.2, -0.15) is 0 Å². The van der Waals surface area contributed by atoms with Gasteiger partial charge in [0.05, 0.1) is 12.0 Å². The van der Waals surface area contributed by atoms with Crippen molar-refractivity contribution in [2.24, 2.45) is 5.92 Å². The Kier molecular flexibility index (Phi) is 5.97. The van der Waals surface area contributed by atoms with E-state index >= 15 is 0 Å². The molecule has 5 nitrogen and oxygen atoms in total. The highest BCUT2D eigenvalue weighted by molar-refractivity contribution is 5.83. The number of amides is 2. The lowest BCUT2D eigenvalue weighted by atomic mass is 9.98. The quantitative estimate of drug-likeness (QED) is 0.664. The Balaban J connectivity index is 2.06. The number of rotatable bonds is 6. The molecule has 1 heterocycles. The van der Waals surface area contributed by atoms with Crippen molar-refractivity contribution in [2.45, 2.75) is 39.2 Å². The zero-order valence-corrected chi connectivity index (χ0v) is 10.6. The third-order valence-corrected chi connectivity index (χ3v) is 2.71. The molecule has 0 aliphatic carbocycles. The molecule has 98 valence electrons. The van der Waals surface area contributed by atoms with Gasteiger partial charge in [0.25, 0.3) is 0 Å². The summed E-state index contributed by atoms with van der Waals surface area (Å²) in [5.74, 6) is 0.00708. The predicted octanol–water partition coefficient (Wildman–Crippen LogP) is 0.444. The number of hydrogen-bond donors (Lipinski definition) is 2. The summed E-state index contributed by atoms with van der Waals surface area (Å²) < 4.78 is 5.37. The van der Waals surface area contributed by atoms with E-state index in [0.717, 1.165) is 6.42 Å².